The minimum atomic E-state index is -0.429. The highest BCUT2D eigenvalue weighted by Crippen LogP contribution is 2.26. The first-order chi connectivity index (χ1) is 10.0. The molecule has 0 saturated heterocycles. The van der Waals surface area contributed by atoms with Crippen molar-refractivity contribution in [1.29, 1.82) is 0 Å². The van der Waals surface area contributed by atoms with Gasteiger partial charge in [0, 0.05) is 17.7 Å². The molecule has 0 amide bonds. The smallest absolute Gasteiger partial charge is 0.270 e. The number of hydrogen-bond donors (Lipinski definition) is 1. The third-order valence-electron chi connectivity index (χ3n) is 3.12. The Hall–Kier alpha value is -2.28. The lowest BCUT2D eigenvalue weighted by molar-refractivity contribution is -0.384. The van der Waals surface area contributed by atoms with Crippen molar-refractivity contribution in [3.05, 3.63) is 39.8 Å². The molecular formula is C14H18N4O3. The van der Waals surface area contributed by atoms with Crippen LogP contribution in [0.3, 0.4) is 0 Å². The van der Waals surface area contributed by atoms with Crippen LogP contribution in [0.25, 0.3) is 11.5 Å². The number of rotatable bonds is 6. The molecule has 2 rings (SSSR count). The summed E-state index contributed by atoms with van der Waals surface area (Å²) in [6, 6.07) is 4.74. The second kappa shape index (κ2) is 6.45. The topological polar surface area (TPSA) is 94.1 Å². The fourth-order valence-corrected chi connectivity index (χ4v) is 2.14. The van der Waals surface area contributed by atoms with Gasteiger partial charge in [-0.15, -0.1) is 10.2 Å². The Kier molecular flexibility index (Phi) is 4.64. The number of nitro groups is 1. The Balaban J connectivity index is 2.35. The second-order valence-corrected chi connectivity index (χ2v) is 4.78. The van der Waals surface area contributed by atoms with E-state index in [1.54, 1.807) is 13.0 Å². The standard InChI is InChI=1S/C14H18N4O3/c1-4-12(15-5-2)14-17-16-13(21-14)10-6-9(3)7-11(8-10)18(19)20/h6-8,12,15H,4-5H2,1-3H3. The zero-order valence-electron chi connectivity index (χ0n) is 12.3. The lowest BCUT2D eigenvalue weighted by Gasteiger charge is -2.10. The van der Waals surface area contributed by atoms with Gasteiger partial charge in [-0.2, -0.15) is 0 Å². The van der Waals surface area contributed by atoms with Crippen LogP contribution in [0.4, 0.5) is 5.69 Å². The first-order valence-corrected chi connectivity index (χ1v) is 6.88. The minimum absolute atomic E-state index is 0.00366. The monoisotopic (exact) mass is 290 g/mol. The molecular weight excluding hydrogens is 272 g/mol. The Bertz CT molecular complexity index is 639. The van der Waals surface area contributed by atoms with Gasteiger partial charge in [0.1, 0.15) is 0 Å². The normalized spacial score (nSPS) is 12.3. The summed E-state index contributed by atoms with van der Waals surface area (Å²) in [5, 5.41) is 22.2. The maximum Gasteiger partial charge on any atom is 0.270 e. The van der Waals surface area contributed by atoms with Crippen LogP contribution in [0, 0.1) is 17.0 Å². The Morgan fingerprint density at radius 1 is 1.33 bits per heavy atom. The molecule has 0 aliphatic heterocycles. The minimum Gasteiger partial charge on any atom is -0.419 e. The zero-order valence-corrected chi connectivity index (χ0v) is 12.3. The van der Waals surface area contributed by atoms with Gasteiger partial charge in [-0.05, 0) is 31.5 Å². The van der Waals surface area contributed by atoms with Crippen molar-refractivity contribution in [2.24, 2.45) is 0 Å². The van der Waals surface area contributed by atoms with Crippen molar-refractivity contribution < 1.29 is 9.34 Å². The summed E-state index contributed by atoms with van der Waals surface area (Å²) in [6.45, 7) is 6.62. The number of benzene rings is 1. The highest BCUT2D eigenvalue weighted by Gasteiger charge is 2.18. The molecule has 0 saturated carbocycles. The van der Waals surface area contributed by atoms with E-state index in [0.717, 1.165) is 18.5 Å². The maximum atomic E-state index is 10.9. The van der Waals surface area contributed by atoms with Crippen LogP contribution in [0.15, 0.2) is 22.6 Å². The van der Waals surface area contributed by atoms with Gasteiger partial charge in [0.05, 0.1) is 11.0 Å². The van der Waals surface area contributed by atoms with Gasteiger partial charge >= 0.3 is 0 Å². The summed E-state index contributed by atoms with van der Waals surface area (Å²) < 4.78 is 5.66. The number of aryl methyl sites for hydroxylation is 1. The molecule has 1 aromatic heterocycles. The van der Waals surface area contributed by atoms with Crippen LogP contribution in [0.1, 0.15) is 37.8 Å². The number of aromatic nitrogens is 2. The quantitative estimate of drug-likeness (QED) is 0.649. The predicted octanol–water partition coefficient (Wildman–Crippen LogP) is 3.01. The van der Waals surface area contributed by atoms with Crippen molar-refractivity contribution in [2.75, 3.05) is 6.54 Å². The molecule has 0 aliphatic carbocycles. The van der Waals surface area contributed by atoms with E-state index in [2.05, 4.69) is 15.5 Å². The molecule has 1 N–H and O–H groups in total. The van der Waals surface area contributed by atoms with Crippen molar-refractivity contribution in [1.82, 2.24) is 15.5 Å². The molecule has 2 aromatic rings. The largest absolute Gasteiger partial charge is 0.419 e. The van der Waals surface area contributed by atoms with Crippen molar-refractivity contribution in [3.8, 4) is 11.5 Å². The number of nitro benzene ring substituents is 1. The van der Waals surface area contributed by atoms with Gasteiger partial charge in [0.2, 0.25) is 11.8 Å². The van der Waals surface area contributed by atoms with E-state index >= 15 is 0 Å². The molecule has 1 unspecified atom stereocenters. The Labute approximate surface area is 122 Å². The Morgan fingerprint density at radius 2 is 2.10 bits per heavy atom. The van der Waals surface area contributed by atoms with Gasteiger partial charge in [0.15, 0.2) is 0 Å². The number of hydrogen-bond acceptors (Lipinski definition) is 6. The zero-order chi connectivity index (χ0) is 15.4. The van der Waals surface area contributed by atoms with Gasteiger partial charge in [-0.25, -0.2) is 0 Å². The van der Waals surface area contributed by atoms with E-state index in [9.17, 15) is 10.1 Å². The number of nitrogens with zero attached hydrogens (tertiary/aromatic N) is 3. The van der Waals surface area contributed by atoms with Crippen LogP contribution in [-0.2, 0) is 0 Å². The van der Waals surface area contributed by atoms with Gasteiger partial charge in [-0.3, -0.25) is 10.1 Å². The van der Waals surface area contributed by atoms with E-state index in [4.69, 9.17) is 4.42 Å². The molecule has 1 heterocycles. The summed E-state index contributed by atoms with van der Waals surface area (Å²) in [5.74, 6) is 0.798. The molecule has 7 heteroatoms. The lowest BCUT2D eigenvalue weighted by Crippen LogP contribution is -2.20. The maximum absolute atomic E-state index is 10.9. The van der Waals surface area contributed by atoms with E-state index in [-0.39, 0.29) is 11.7 Å². The van der Waals surface area contributed by atoms with Crippen LogP contribution < -0.4 is 5.32 Å². The highest BCUT2D eigenvalue weighted by atomic mass is 16.6. The highest BCUT2D eigenvalue weighted by molar-refractivity contribution is 5.59. The van der Waals surface area contributed by atoms with E-state index in [1.807, 2.05) is 13.8 Å². The van der Waals surface area contributed by atoms with E-state index in [0.29, 0.717) is 17.3 Å². The molecule has 0 radical (unpaired) electrons. The number of non-ortho nitro benzene ring substituents is 1. The van der Waals surface area contributed by atoms with Gasteiger partial charge in [0.25, 0.3) is 5.69 Å². The lowest BCUT2D eigenvalue weighted by atomic mass is 10.1. The molecule has 0 aliphatic rings. The fourth-order valence-electron chi connectivity index (χ4n) is 2.14. The van der Waals surface area contributed by atoms with Gasteiger partial charge < -0.3 is 9.73 Å². The summed E-state index contributed by atoms with van der Waals surface area (Å²) >= 11 is 0. The first-order valence-electron chi connectivity index (χ1n) is 6.88. The second-order valence-electron chi connectivity index (χ2n) is 4.78. The summed E-state index contributed by atoms with van der Waals surface area (Å²) in [7, 11) is 0. The average Bonchev–Trinajstić information content (AvgIpc) is 2.93. The van der Waals surface area contributed by atoms with Crippen molar-refractivity contribution >= 4 is 5.69 Å². The third kappa shape index (κ3) is 3.43. The first kappa shape index (κ1) is 15.1. The van der Waals surface area contributed by atoms with Crippen LogP contribution in [0.5, 0.6) is 0 Å². The molecule has 1 aromatic carbocycles. The molecule has 1 atom stereocenters. The SMILES string of the molecule is CCNC(CC)c1nnc(-c2cc(C)cc([N+](=O)[O-])c2)o1. The summed E-state index contributed by atoms with van der Waals surface area (Å²) in [6.07, 6.45) is 0.823. The van der Waals surface area contributed by atoms with Crippen LogP contribution >= 0.6 is 0 Å². The molecule has 0 bridgehead atoms. The fraction of sp³-hybridized carbons (Fsp3) is 0.429. The number of nitrogens with one attached hydrogen (secondary N) is 1. The van der Waals surface area contributed by atoms with Crippen LogP contribution in [-0.4, -0.2) is 21.7 Å². The molecule has 0 fully saturated rings. The average molecular weight is 290 g/mol. The predicted molar refractivity (Wildman–Crippen MR) is 77.8 cm³/mol. The summed E-state index contributed by atoms with van der Waals surface area (Å²) in [5.41, 5.74) is 1.35. The summed E-state index contributed by atoms with van der Waals surface area (Å²) in [4.78, 5) is 10.5. The molecule has 0 spiro atoms. The van der Waals surface area contributed by atoms with E-state index < -0.39 is 4.92 Å². The van der Waals surface area contributed by atoms with Crippen LogP contribution in [0.2, 0.25) is 0 Å². The van der Waals surface area contributed by atoms with E-state index in [1.165, 1.54) is 12.1 Å². The molecule has 21 heavy (non-hydrogen) atoms. The van der Waals surface area contributed by atoms with Gasteiger partial charge in [-0.1, -0.05) is 13.8 Å². The Morgan fingerprint density at radius 3 is 2.71 bits per heavy atom. The van der Waals surface area contributed by atoms with Crippen molar-refractivity contribution in [2.45, 2.75) is 33.2 Å². The van der Waals surface area contributed by atoms with Crippen molar-refractivity contribution in [3.63, 3.8) is 0 Å². The molecule has 7 nitrogen and oxygen atoms in total. The third-order valence-corrected chi connectivity index (χ3v) is 3.12. The molecule has 112 valence electrons.